The Bertz CT molecular complexity index is 737. The number of carbonyl (C=O) groups is 1. The van der Waals surface area contributed by atoms with Crippen LogP contribution in [0.4, 0.5) is 5.69 Å². The van der Waals surface area contributed by atoms with Crippen LogP contribution in [0.15, 0.2) is 36.4 Å². The average molecular weight is 308 g/mol. The van der Waals surface area contributed by atoms with Gasteiger partial charge in [0.25, 0.3) is 0 Å². The van der Waals surface area contributed by atoms with E-state index in [0.717, 1.165) is 28.0 Å². The van der Waals surface area contributed by atoms with Crippen LogP contribution in [-0.4, -0.2) is 12.5 Å². The first-order chi connectivity index (χ1) is 11.0. The molecule has 0 saturated heterocycles. The van der Waals surface area contributed by atoms with Crippen molar-refractivity contribution in [2.45, 2.75) is 27.2 Å². The number of ether oxygens (including phenoxy) is 1. The van der Waals surface area contributed by atoms with Crippen LogP contribution in [0.25, 0.3) is 11.1 Å². The fourth-order valence-corrected chi connectivity index (χ4v) is 2.54. The molecule has 23 heavy (non-hydrogen) atoms. The Hall–Kier alpha value is -2.80. The maximum Gasteiger partial charge on any atom is 0.238 e. The molecule has 2 aromatic carbocycles. The molecule has 0 bridgehead atoms. The molecule has 0 atom stereocenters. The lowest BCUT2D eigenvalue weighted by Gasteiger charge is -2.13. The van der Waals surface area contributed by atoms with Crippen LogP contribution >= 0.6 is 0 Å². The molecule has 0 saturated carbocycles. The summed E-state index contributed by atoms with van der Waals surface area (Å²) in [6.45, 7) is 6.67. The number of benzene rings is 2. The molecule has 0 aliphatic rings. The van der Waals surface area contributed by atoms with Gasteiger partial charge in [-0.25, -0.2) is 0 Å². The van der Waals surface area contributed by atoms with Crippen LogP contribution in [0.2, 0.25) is 0 Å². The van der Waals surface area contributed by atoms with Crippen LogP contribution in [0, 0.1) is 25.2 Å². The summed E-state index contributed by atoms with van der Waals surface area (Å²) in [6.07, 6.45) is -0.147. The highest BCUT2D eigenvalue weighted by atomic mass is 16.5. The molecular formula is C19H20N2O2. The molecule has 0 aliphatic heterocycles. The number of aryl methyl sites for hydroxylation is 2. The van der Waals surface area contributed by atoms with Gasteiger partial charge in [-0.1, -0.05) is 12.1 Å². The summed E-state index contributed by atoms with van der Waals surface area (Å²) in [4.78, 5) is 11.5. The van der Waals surface area contributed by atoms with Crippen molar-refractivity contribution in [3.8, 4) is 22.9 Å². The molecular weight excluding hydrogens is 288 g/mol. The third-order valence-corrected chi connectivity index (χ3v) is 3.47. The number of amides is 1. The minimum Gasteiger partial charge on any atom is -0.493 e. The SMILES string of the molecule is CCOc1c(C)cc(-c2cccc(NC(=O)CC#N)c2)cc1C. The standard InChI is InChI=1S/C19H20N2O2/c1-4-23-19-13(2)10-16(11-14(19)3)15-6-5-7-17(12-15)21-18(22)8-9-20/h5-7,10-12H,4,8H2,1-3H3,(H,21,22). The number of anilines is 1. The first kappa shape index (κ1) is 16.6. The zero-order valence-electron chi connectivity index (χ0n) is 13.6. The summed E-state index contributed by atoms with van der Waals surface area (Å²) in [7, 11) is 0. The molecule has 0 heterocycles. The summed E-state index contributed by atoms with van der Waals surface area (Å²) in [5, 5.41) is 11.3. The normalized spacial score (nSPS) is 10.0. The Morgan fingerprint density at radius 3 is 2.48 bits per heavy atom. The molecule has 0 radical (unpaired) electrons. The molecule has 4 heteroatoms. The van der Waals surface area contributed by atoms with Gasteiger partial charge in [-0.15, -0.1) is 0 Å². The molecule has 0 unspecified atom stereocenters. The molecule has 2 aromatic rings. The summed E-state index contributed by atoms with van der Waals surface area (Å²) in [6, 6.07) is 13.6. The number of rotatable bonds is 5. The third-order valence-electron chi connectivity index (χ3n) is 3.47. The van der Waals surface area contributed by atoms with Gasteiger partial charge in [0, 0.05) is 5.69 Å². The quantitative estimate of drug-likeness (QED) is 0.899. The highest BCUT2D eigenvalue weighted by Gasteiger charge is 2.08. The predicted molar refractivity (Wildman–Crippen MR) is 91.4 cm³/mol. The molecule has 1 N–H and O–H groups in total. The van der Waals surface area contributed by atoms with E-state index in [4.69, 9.17) is 10.00 Å². The zero-order chi connectivity index (χ0) is 16.8. The van der Waals surface area contributed by atoms with Gasteiger partial charge in [0.15, 0.2) is 0 Å². The number of nitrogens with zero attached hydrogens (tertiary/aromatic N) is 1. The van der Waals surface area contributed by atoms with Crippen LogP contribution in [0.1, 0.15) is 24.5 Å². The van der Waals surface area contributed by atoms with Crippen LogP contribution in [0.3, 0.4) is 0 Å². The largest absolute Gasteiger partial charge is 0.493 e. The van der Waals surface area contributed by atoms with Crippen LogP contribution in [0.5, 0.6) is 5.75 Å². The lowest BCUT2D eigenvalue weighted by atomic mass is 9.99. The van der Waals surface area contributed by atoms with Gasteiger partial charge in [0.05, 0.1) is 12.7 Å². The minimum absolute atomic E-state index is 0.147. The van der Waals surface area contributed by atoms with E-state index in [2.05, 4.69) is 17.4 Å². The number of hydrogen-bond acceptors (Lipinski definition) is 3. The smallest absolute Gasteiger partial charge is 0.238 e. The van der Waals surface area contributed by atoms with Crippen LogP contribution < -0.4 is 10.1 Å². The van der Waals surface area contributed by atoms with Crippen molar-refractivity contribution in [1.82, 2.24) is 0 Å². The number of nitrogens with one attached hydrogen (secondary N) is 1. The molecule has 0 aliphatic carbocycles. The van der Waals surface area contributed by atoms with E-state index in [-0.39, 0.29) is 12.3 Å². The Morgan fingerprint density at radius 2 is 1.87 bits per heavy atom. The fourth-order valence-electron chi connectivity index (χ4n) is 2.54. The van der Waals surface area contributed by atoms with Crippen molar-refractivity contribution in [3.63, 3.8) is 0 Å². The topological polar surface area (TPSA) is 62.1 Å². The Labute approximate surface area is 136 Å². The first-order valence-electron chi connectivity index (χ1n) is 7.56. The number of hydrogen-bond donors (Lipinski definition) is 1. The second-order valence-electron chi connectivity index (χ2n) is 5.34. The van der Waals surface area contributed by atoms with Gasteiger partial charge in [-0.2, -0.15) is 5.26 Å². The third kappa shape index (κ3) is 4.10. The van der Waals surface area contributed by atoms with Crippen molar-refractivity contribution < 1.29 is 9.53 Å². The summed E-state index contributed by atoms with van der Waals surface area (Å²) in [5.41, 5.74) is 4.93. The van der Waals surface area contributed by atoms with E-state index < -0.39 is 0 Å². The molecule has 1 amide bonds. The van der Waals surface area contributed by atoms with E-state index in [1.807, 2.05) is 51.1 Å². The first-order valence-corrected chi connectivity index (χ1v) is 7.56. The fraction of sp³-hybridized carbons (Fsp3) is 0.263. The summed E-state index contributed by atoms with van der Waals surface area (Å²) < 4.78 is 5.67. The molecule has 4 nitrogen and oxygen atoms in total. The monoisotopic (exact) mass is 308 g/mol. The van der Waals surface area contributed by atoms with Crippen LogP contribution in [-0.2, 0) is 4.79 Å². The second-order valence-corrected chi connectivity index (χ2v) is 5.34. The minimum atomic E-state index is -0.302. The Morgan fingerprint density at radius 1 is 1.17 bits per heavy atom. The predicted octanol–water partition coefficient (Wildman–Crippen LogP) is 4.22. The Balaban J connectivity index is 2.32. The second kappa shape index (κ2) is 7.46. The van der Waals surface area contributed by atoms with E-state index >= 15 is 0 Å². The lowest BCUT2D eigenvalue weighted by Crippen LogP contribution is -2.09. The maximum absolute atomic E-state index is 11.5. The highest BCUT2D eigenvalue weighted by molar-refractivity contribution is 5.92. The van der Waals surface area contributed by atoms with Crippen molar-refractivity contribution >= 4 is 11.6 Å². The van der Waals surface area contributed by atoms with Crippen molar-refractivity contribution in [2.24, 2.45) is 0 Å². The molecule has 118 valence electrons. The van der Waals surface area contributed by atoms with Gasteiger partial charge in [-0.3, -0.25) is 4.79 Å². The van der Waals surface area contributed by atoms with Gasteiger partial charge >= 0.3 is 0 Å². The average Bonchev–Trinajstić information content (AvgIpc) is 2.51. The molecule has 2 rings (SSSR count). The van der Waals surface area contributed by atoms with Crippen molar-refractivity contribution in [2.75, 3.05) is 11.9 Å². The van der Waals surface area contributed by atoms with Crippen molar-refractivity contribution in [3.05, 3.63) is 47.5 Å². The molecule has 0 fully saturated rings. The van der Waals surface area contributed by atoms with Gasteiger partial charge in [0.1, 0.15) is 12.2 Å². The van der Waals surface area contributed by atoms with E-state index in [1.165, 1.54) is 0 Å². The van der Waals surface area contributed by atoms with Gasteiger partial charge in [-0.05, 0) is 67.3 Å². The lowest BCUT2D eigenvalue weighted by molar-refractivity contribution is -0.115. The van der Waals surface area contributed by atoms with E-state index in [1.54, 1.807) is 0 Å². The summed E-state index contributed by atoms with van der Waals surface area (Å²) >= 11 is 0. The van der Waals surface area contributed by atoms with E-state index in [9.17, 15) is 4.79 Å². The molecule has 0 aromatic heterocycles. The van der Waals surface area contributed by atoms with Gasteiger partial charge < -0.3 is 10.1 Å². The number of nitriles is 1. The maximum atomic E-state index is 11.5. The number of carbonyl (C=O) groups excluding carboxylic acids is 1. The summed E-state index contributed by atoms with van der Waals surface area (Å²) in [5.74, 6) is 0.624. The van der Waals surface area contributed by atoms with Gasteiger partial charge in [0.2, 0.25) is 5.91 Å². The molecule has 0 spiro atoms. The van der Waals surface area contributed by atoms with E-state index in [0.29, 0.717) is 12.3 Å². The zero-order valence-corrected chi connectivity index (χ0v) is 13.6. The highest BCUT2D eigenvalue weighted by Crippen LogP contribution is 2.31. The van der Waals surface area contributed by atoms with Crippen molar-refractivity contribution in [1.29, 1.82) is 5.26 Å². The Kier molecular flexibility index (Phi) is 5.37.